The van der Waals surface area contributed by atoms with Gasteiger partial charge in [-0.1, -0.05) is 29.8 Å². The monoisotopic (exact) mass is 367 g/mol. The molecule has 1 aliphatic rings. The quantitative estimate of drug-likeness (QED) is 0.787. The van der Waals surface area contributed by atoms with Gasteiger partial charge in [0.25, 0.3) is 5.91 Å². The minimum absolute atomic E-state index is 0.0524. The fourth-order valence-electron chi connectivity index (χ4n) is 3.30. The molecule has 0 bridgehead atoms. The van der Waals surface area contributed by atoms with E-state index in [9.17, 15) is 4.79 Å². The first kappa shape index (κ1) is 19.2. The summed E-state index contributed by atoms with van der Waals surface area (Å²) in [5.41, 5.74) is 3.72. The molecule has 27 heavy (non-hydrogen) atoms. The van der Waals surface area contributed by atoms with Gasteiger partial charge in [-0.3, -0.25) is 4.79 Å². The molecule has 1 saturated heterocycles. The fraction of sp³-hybridized carbons (Fsp3) is 0.409. The summed E-state index contributed by atoms with van der Waals surface area (Å²) in [6.07, 6.45) is 0. The van der Waals surface area contributed by atoms with Crippen molar-refractivity contribution in [1.82, 2.24) is 9.80 Å². The van der Waals surface area contributed by atoms with Crippen LogP contribution in [0.4, 0.5) is 5.69 Å². The molecule has 1 amide bonds. The zero-order valence-electron chi connectivity index (χ0n) is 16.5. The van der Waals surface area contributed by atoms with Gasteiger partial charge < -0.3 is 19.4 Å². The molecule has 1 fully saturated rings. The molecule has 0 N–H and O–H groups in total. The number of amides is 1. The second-order valence-electron chi connectivity index (χ2n) is 7.38. The molecular weight excluding hydrogens is 338 g/mol. The number of hydrogen-bond acceptors (Lipinski definition) is 4. The van der Waals surface area contributed by atoms with Crippen LogP contribution in [0.5, 0.6) is 5.75 Å². The average molecular weight is 367 g/mol. The molecule has 3 rings (SSSR count). The van der Waals surface area contributed by atoms with Crippen LogP contribution in [0.25, 0.3) is 0 Å². The normalized spacial score (nSPS) is 14.5. The van der Waals surface area contributed by atoms with Crippen molar-refractivity contribution in [3.8, 4) is 5.75 Å². The maximum atomic E-state index is 12.4. The fourth-order valence-corrected chi connectivity index (χ4v) is 3.30. The standard InChI is InChI=1S/C22H29N3O2/c1-18-7-9-21(10-8-18)27-17-22(26)25-13-11-24(12-14-25)20-6-4-5-19(15-20)16-23(2)3/h4-10,15H,11-14,16-17H2,1-3H3. The lowest BCUT2D eigenvalue weighted by molar-refractivity contribution is -0.133. The van der Waals surface area contributed by atoms with Crippen LogP contribution in [0.2, 0.25) is 0 Å². The molecule has 0 unspecified atom stereocenters. The maximum absolute atomic E-state index is 12.4. The number of ether oxygens (including phenoxy) is 1. The number of hydrogen-bond donors (Lipinski definition) is 0. The van der Waals surface area contributed by atoms with E-state index in [0.29, 0.717) is 0 Å². The van der Waals surface area contributed by atoms with Crippen LogP contribution in [0.1, 0.15) is 11.1 Å². The topological polar surface area (TPSA) is 36.0 Å². The highest BCUT2D eigenvalue weighted by atomic mass is 16.5. The van der Waals surface area contributed by atoms with Crippen molar-refractivity contribution in [3.63, 3.8) is 0 Å². The van der Waals surface area contributed by atoms with Gasteiger partial charge in [-0.25, -0.2) is 0 Å². The van der Waals surface area contributed by atoms with Crippen molar-refractivity contribution in [2.24, 2.45) is 0 Å². The first-order valence-corrected chi connectivity index (χ1v) is 9.47. The lowest BCUT2D eigenvalue weighted by Gasteiger charge is -2.36. The van der Waals surface area contributed by atoms with Crippen LogP contribution >= 0.6 is 0 Å². The third-order valence-electron chi connectivity index (χ3n) is 4.79. The van der Waals surface area contributed by atoms with E-state index in [1.54, 1.807) is 0 Å². The number of aryl methyl sites for hydroxylation is 1. The van der Waals surface area contributed by atoms with Gasteiger partial charge >= 0.3 is 0 Å². The van der Waals surface area contributed by atoms with E-state index in [0.717, 1.165) is 38.5 Å². The Bertz CT molecular complexity index is 750. The highest BCUT2D eigenvalue weighted by Crippen LogP contribution is 2.19. The van der Waals surface area contributed by atoms with Crippen molar-refractivity contribution in [2.75, 3.05) is 51.8 Å². The maximum Gasteiger partial charge on any atom is 0.260 e. The number of benzene rings is 2. The number of carbonyl (C=O) groups excluding carboxylic acids is 1. The van der Waals surface area contributed by atoms with E-state index in [1.165, 1.54) is 16.8 Å². The number of nitrogens with zero attached hydrogens (tertiary/aromatic N) is 3. The summed E-state index contributed by atoms with van der Waals surface area (Å²) in [5, 5.41) is 0. The van der Waals surface area contributed by atoms with E-state index in [4.69, 9.17) is 4.74 Å². The predicted molar refractivity (Wildman–Crippen MR) is 109 cm³/mol. The minimum Gasteiger partial charge on any atom is -0.484 e. The predicted octanol–water partition coefficient (Wildman–Crippen LogP) is 2.78. The Labute approximate surface area is 162 Å². The summed E-state index contributed by atoms with van der Waals surface area (Å²) in [6.45, 7) is 6.22. The molecule has 0 atom stereocenters. The van der Waals surface area contributed by atoms with Crippen LogP contribution in [0, 0.1) is 6.92 Å². The third kappa shape index (κ3) is 5.47. The van der Waals surface area contributed by atoms with Crippen LogP contribution < -0.4 is 9.64 Å². The first-order chi connectivity index (χ1) is 13.0. The summed E-state index contributed by atoms with van der Waals surface area (Å²) in [5.74, 6) is 0.793. The Morgan fingerprint density at radius 1 is 1.04 bits per heavy atom. The average Bonchev–Trinajstić information content (AvgIpc) is 2.67. The number of rotatable bonds is 6. The van der Waals surface area contributed by atoms with Gasteiger partial charge in [-0.15, -0.1) is 0 Å². The summed E-state index contributed by atoms with van der Waals surface area (Å²) >= 11 is 0. The van der Waals surface area contributed by atoms with Gasteiger partial charge in [0.15, 0.2) is 6.61 Å². The van der Waals surface area contributed by atoms with Gasteiger partial charge in [0.05, 0.1) is 0 Å². The second kappa shape index (κ2) is 8.91. The Kier molecular flexibility index (Phi) is 6.35. The molecule has 2 aromatic carbocycles. The highest BCUT2D eigenvalue weighted by molar-refractivity contribution is 5.78. The molecule has 1 heterocycles. The molecule has 0 aromatic heterocycles. The van der Waals surface area contributed by atoms with Gasteiger partial charge in [0, 0.05) is 38.4 Å². The minimum atomic E-state index is 0.0524. The van der Waals surface area contributed by atoms with Crippen molar-refractivity contribution >= 4 is 11.6 Å². The molecule has 0 radical (unpaired) electrons. The third-order valence-corrected chi connectivity index (χ3v) is 4.79. The van der Waals surface area contributed by atoms with Crippen molar-refractivity contribution in [1.29, 1.82) is 0 Å². The highest BCUT2D eigenvalue weighted by Gasteiger charge is 2.21. The Morgan fingerprint density at radius 2 is 1.74 bits per heavy atom. The lowest BCUT2D eigenvalue weighted by Crippen LogP contribution is -2.50. The van der Waals surface area contributed by atoms with Gasteiger partial charge in [-0.2, -0.15) is 0 Å². The lowest BCUT2D eigenvalue weighted by atomic mass is 10.1. The zero-order chi connectivity index (χ0) is 19.2. The van der Waals surface area contributed by atoms with Gasteiger partial charge in [-0.05, 0) is 50.8 Å². The number of carbonyl (C=O) groups is 1. The van der Waals surface area contributed by atoms with Crippen LogP contribution in [0.15, 0.2) is 48.5 Å². The largest absolute Gasteiger partial charge is 0.484 e. The van der Waals surface area contributed by atoms with Crippen molar-refractivity contribution in [3.05, 3.63) is 59.7 Å². The Morgan fingerprint density at radius 3 is 2.41 bits per heavy atom. The SMILES string of the molecule is Cc1ccc(OCC(=O)N2CCN(c3cccc(CN(C)C)c3)CC2)cc1. The van der Waals surface area contributed by atoms with E-state index in [1.807, 2.05) is 36.1 Å². The Hall–Kier alpha value is -2.53. The van der Waals surface area contributed by atoms with E-state index in [-0.39, 0.29) is 12.5 Å². The molecule has 5 nitrogen and oxygen atoms in total. The molecule has 0 aliphatic carbocycles. The van der Waals surface area contributed by atoms with E-state index < -0.39 is 0 Å². The first-order valence-electron chi connectivity index (χ1n) is 9.47. The van der Waals surface area contributed by atoms with Crippen molar-refractivity contribution < 1.29 is 9.53 Å². The van der Waals surface area contributed by atoms with Crippen LogP contribution in [-0.4, -0.2) is 62.6 Å². The molecule has 2 aromatic rings. The molecule has 144 valence electrons. The smallest absolute Gasteiger partial charge is 0.260 e. The molecular formula is C22H29N3O2. The Balaban J connectivity index is 1.49. The van der Waals surface area contributed by atoms with E-state index >= 15 is 0 Å². The number of anilines is 1. The summed E-state index contributed by atoms with van der Waals surface area (Å²) < 4.78 is 5.63. The summed E-state index contributed by atoms with van der Waals surface area (Å²) in [6, 6.07) is 16.5. The van der Waals surface area contributed by atoms with Gasteiger partial charge in [0.2, 0.25) is 0 Å². The zero-order valence-corrected chi connectivity index (χ0v) is 16.5. The van der Waals surface area contributed by atoms with Crippen LogP contribution in [-0.2, 0) is 11.3 Å². The second-order valence-corrected chi connectivity index (χ2v) is 7.38. The van der Waals surface area contributed by atoms with Gasteiger partial charge in [0.1, 0.15) is 5.75 Å². The molecule has 0 spiro atoms. The van der Waals surface area contributed by atoms with Crippen LogP contribution in [0.3, 0.4) is 0 Å². The summed E-state index contributed by atoms with van der Waals surface area (Å²) in [7, 11) is 4.16. The molecule has 0 saturated carbocycles. The molecule has 5 heteroatoms. The van der Waals surface area contributed by atoms with E-state index in [2.05, 4.69) is 48.2 Å². The van der Waals surface area contributed by atoms with Crippen molar-refractivity contribution in [2.45, 2.75) is 13.5 Å². The number of piperazine rings is 1. The molecule has 1 aliphatic heterocycles. The summed E-state index contributed by atoms with van der Waals surface area (Å²) in [4.78, 5) is 18.9.